The van der Waals surface area contributed by atoms with Gasteiger partial charge < -0.3 is 9.47 Å². The number of carbonyl (C=O) groups is 2. The molecule has 4 aliphatic rings. The van der Waals surface area contributed by atoms with Crippen LogP contribution in [0, 0.1) is 28.6 Å². The number of esters is 2. The van der Waals surface area contributed by atoms with Gasteiger partial charge in [-0.05, 0) is 68.1 Å². The summed E-state index contributed by atoms with van der Waals surface area (Å²) in [6, 6.07) is 0. The maximum absolute atomic E-state index is 12.2. The highest BCUT2D eigenvalue weighted by molar-refractivity contribution is 5.72. The minimum atomic E-state index is -5.65. The number of alkyl halides is 6. The van der Waals surface area contributed by atoms with Gasteiger partial charge >= 0.3 is 24.3 Å². The molecule has 4 fully saturated rings. The SMILES string of the molecule is CCC(C)C(=O)OC(C(F)(F)F)C(F)(F)F.CCC(C)C(=O)OC12CC3CC(C)(CC(C)(C3)C1)C2. The molecular formula is C25H38F6O4. The lowest BCUT2D eigenvalue weighted by Crippen LogP contribution is -2.60. The molecular weight excluding hydrogens is 478 g/mol. The normalized spacial score (nSPS) is 33.6. The van der Waals surface area contributed by atoms with Gasteiger partial charge in [-0.15, -0.1) is 0 Å². The van der Waals surface area contributed by atoms with E-state index in [0.717, 1.165) is 31.6 Å². The Morgan fingerprint density at radius 3 is 1.60 bits per heavy atom. The molecule has 0 saturated heterocycles. The van der Waals surface area contributed by atoms with Crippen molar-refractivity contribution in [3.05, 3.63) is 0 Å². The van der Waals surface area contributed by atoms with Gasteiger partial charge in [0.15, 0.2) is 0 Å². The highest BCUT2D eigenvalue weighted by Gasteiger charge is 2.62. The van der Waals surface area contributed by atoms with E-state index in [-0.39, 0.29) is 23.9 Å². The molecule has 0 amide bonds. The molecule has 0 radical (unpaired) electrons. The Balaban J connectivity index is 0.000000252. The van der Waals surface area contributed by atoms with Crippen LogP contribution in [0.2, 0.25) is 0 Å². The van der Waals surface area contributed by atoms with Gasteiger partial charge in [-0.1, -0.05) is 41.5 Å². The van der Waals surface area contributed by atoms with Gasteiger partial charge in [-0.3, -0.25) is 9.59 Å². The first kappa shape index (κ1) is 29.7. The molecule has 204 valence electrons. The van der Waals surface area contributed by atoms with E-state index in [0.29, 0.717) is 10.8 Å². The van der Waals surface area contributed by atoms with Crippen LogP contribution in [-0.2, 0) is 19.1 Å². The molecule has 10 heteroatoms. The second kappa shape index (κ2) is 10.1. The molecule has 0 aromatic heterocycles. The fraction of sp³-hybridized carbons (Fsp3) is 0.920. The van der Waals surface area contributed by atoms with Gasteiger partial charge in [0.05, 0.1) is 11.8 Å². The van der Waals surface area contributed by atoms with Gasteiger partial charge in [-0.2, -0.15) is 26.3 Å². The van der Waals surface area contributed by atoms with Crippen molar-refractivity contribution in [3.8, 4) is 0 Å². The predicted molar refractivity (Wildman–Crippen MR) is 117 cm³/mol. The molecule has 0 aromatic rings. The quantitative estimate of drug-likeness (QED) is 0.273. The summed E-state index contributed by atoms with van der Waals surface area (Å²) in [6.07, 6.45) is -7.00. The Morgan fingerprint density at radius 2 is 1.23 bits per heavy atom. The molecule has 0 N–H and O–H groups in total. The van der Waals surface area contributed by atoms with Crippen molar-refractivity contribution in [2.24, 2.45) is 28.6 Å². The zero-order chi connectivity index (χ0) is 27.0. The molecule has 4 atom stereocenters. The van der Waals surface area contributed by atoms with Crippen molar-refractivity contribution in [1.82, 2.24) is 0 Å². The van der Waals surface area contributed by atoms with Gasteiger partial charge in [-0.25, -0.2) is 0 Å². The average molecular weight is 517 g/mol. The molecule has 0 heterocycles. The van der Waals surface area contributed by atoms with Crippen molar-refractivity contribution >= 4 is 11.9 Å². The number of carbonyl (C=O) groups excluding carboxylic acids is 2. The van der Waals surface area contributed by atoms with E-state index >= 15 is 0 Å². The second-order valence-corrected chi connectivity index (χ2v) is 11.8. The number of rotatable bonds is 6. The minimum absolute atomic E-state index is 0.0386. The smallest absolute Gasteiger partial charge is 0.434 e. The summed E-state index contributed by atoms with van der Waals surface area (Å²) >= 11 is 0. The first-order chi connectivity index (χ1) is 15.8. The molecule has 0 aliphatic heterocycles. The van der Waals surface area contributed by atoms with Gasteiger partial charge in [0.2, 0.25) is 0 Å². The van der Waals surface area contributed by atoms with Crippen LogP contribution in [0.25, 0.3) is 0 Å². The van der Waals surface area contributed by atoms with Crippen LogP contribution in [0.5, 0.6) is 0 Å². The van der Waals surface area contributed by atoms with Crippen molar-refractivity contribution in [1.29, 1.82) is 0 Å². The summed E-state index contributed by atoms with van der Waals surface area (Å²) in [5, 5.41) is 0. The number of ether oxygens (including phenoxy) is 2. The van der Waals surface area contributed by atoms with Gasteiger partial charge in [0.25, 0.3) is 6.10 Å². The Morgan fingerprint density at radius 1 is 0.800 bits per heavy atom. The predicted octanol–water partition coefficient (Wildman–Crippen LogP) is 7.39. The van der Waals surface area contributed by atoms with Crippen molar-refractivity contribution in [2.45, 2.75) is 117 Å². The fourth-order valence-corrected chi connectivity index (χ4v) is 6.66. The van der Waals surface area contributed by atoms with Crippen molar-refractivity contribution in [3.63, 3.8) is 0 Å². The first-order valence-electron chi connectivity index (χ1n) is 12.3. The first-order valence-corrected chi connectivity index (χ1v) is 12.3. The largest absolute Gasteiger partial charge is 0.459 e. The Hall–Kier alpha value is -1.48. The Labute approximate surface area is 203 Å². The van der Waals surface area contributed by atoms with E-state index in [1.165, 1.54) is 33.1 Å². The maximum atomic E-state index is 12.2. The lowest BCUT2D eigenvalue weighted by molar-refractivity contribution is -0.314. The number of hydrogen-bond donors (Lipinski definition) is 0. The molecule has 4 unspecified atom stereocenters. The third-order valence-electron chi connectivity index (χ3n) is 7.75. The maximum Gasteiger partial charge on any atom is 0.434 e. The standard InChI is InChI=1S/C17H28O2.C8H10F6O2/c1-5-12(2)14(18)19-17-8-13-6-15(3,10-17)9-16(4,7-13)11-17;1-3-4(2)5(15)16-6(7(9,10)11)8(12,13)14/h12-13H,5-11H2,1-4H3;4,6H,3H2,1-2H3. The van der Waals surface area contributed by atoms with Crippen LogP contribution in [0.1, 0.15) is 92.9 Å². The number of hydrogen-bond acceptors (Lipinski definition) is 4. The lowest BCUT2D eigenvalue weighted by atomic mass is 9.43. The van der Waals surface area contributed by atoms with Gasteiger partial charge in [0.1, 0.15) is 5.60 Å². The van der Waals surface area contributed by atoms with E-state index in [2.05, 4.69) is 25.5 Å². The molecule has 0 spiro atoms. The zero-order valence-electron chi connectivity index (χ0n) is 21.4. The minimum Gasteiger partial charge on any atom is -0.459 e. The molecule has 0 aromatic carbocycles. The van der Waals surface area contributed by atoms with Crippen LogP contribution in [0.15, 0.2) is 0 Å². The lowest BCUT2D eigenvalue weighted by Gasteiger charge is -2.64. The Bertz CT molecular complexity index is 745. The van der Waals surface area contributed by atoms with Gasteiger partial charge in [0, 0.05) is 0 Å². The summed E-state index contributed by atoms with van der Waals surface area (Å²) in [5.41, 5.74) is 0.719. The van der Waals surface area contributed by atoms with E-state index in [1.54, 1.807) is 0 Å². The van der Waals surface area contributed by atoms with Crippen molar-refractivity contribution < 1.29 is 45.4 Å². The Kier molecular flexibility index (Phi) is 8.60. The highest BCUT2D eigenvalue weighted by Crippen LogP contribution is 2.67. The van der Waals surface area contributed by atoms with Crippen LogP contribution >= 0.6 is 0 Å². The number of halogens is 6. The average Bonchev–Trinajstić information content (AvgIpc) is 2.66. The summed E-state index contributed by atoms with van der Waals surface area (Å²) in [5.74, 6) is -1.64. The summed E-state index contributed by atoms with van der Waals surface area (Å²) in [7, 11) is 0. The fourth-order valence-electron chi connectivity index (χ4n) is 6.66. The molecule has 4 rings (SSSR count). The zero-order valence-corrected chi connectivity index (χ0v) is 21.4. The topological polar surface area (TPSA) is 52.6 Å². The molecule has 4 nitrogen and oxygen atoms in total. The van der Waals surface area contributed by atoms with E-state index < -0.39 is 30.3 Å². The van der Waals surface area contributed by atoms with Crippen LogP contribution in [-0.4, -0.2) is 36.0 Å². The van der Waals surface area contributed by atoms with E-state index in [9.17, 15) is 35.9 Å². The molecule has 35 heavy (non-hydrogen) atoms. The summed E-state index contributed by atoms with van der Waals surface area (Å²) in [4.78, 5) is 23.1. The van der Waals surface area contributed by atoms with E-state index in [1.807, 2.05) is 6.92 Å². The monoisotopic (exact) mass is 516 g/mol. The van der Waals surface area contributed by atoms with Crippen LogP contribution in [0.4, 0.5) is 26.3 Å². The molecule has 4 saturated carbocycles. The van der Waals surface area contributed by atoms with Crippen LogP contribution in [0.3, 0.4) is 0 Å². The third kappa shape index (κ3) is 7.28. The summed E-state index contributed by atoms with van der Waals surface area (Å²) in [6.45, 7) is 11.5. The highest BCUT2D eigenvalue weighted by atomic mass is 19.4. The van der Waals surface area contributed by atoms with E-state index in [4.69, 9.17) is 4.74 Å². The molecule has 4 aliphatic carbocycles. The second-order valence-electron chi connectivity index (χ2n) is 11.8. The van der Waals surface area contributed by atoms with Crippen molar-refractivity contribution in [2.75, 3.05) is 0 Å². The van der Waals surface area contributed by atoms with Crippen LogP contribution < -0.4 is 0 Å². The molecule has 4 bridgehead atoms. The summed E-state index contributed by atoms with van der Waals surface area (Å²) < 4.78 is 81.2. The third-order valence-corrected chi connectivity index (χ3v) is 7.75.